The minimum absolute atomic E-state index is 0.1000. The van der Waals surface area contributed by atoms with E-state index >= 15 is 0 Å². The fraction of sp³-hybridized carbons (Fsp3) is 0.167. The first-order chi connectivity index (χ1) is 15.1. The molecule has 3 aromatic rings. The third kappa shape index (κ3) is 6.67. The first-order valence-corrected chi connectivity index (χ1v) is 10.6. The van der Waals surface area contributed by atoms with Crippen molar-refractivity contribution < 1.29 is 18.7 Å². The highest BCUT2D eigenvalue weighted by Gasteiger charge is 2.15. The minimum atomic E-state index is -0.401. The van der Waals surface area contributed by atoms with E-state index < -0.39 is 5.91 Å². The van der Waals surface area contributed by atoms with Gasteiger partial charge in [-0.25, -0.2) is 0 Å². The predicted molar refractivity (Wildman–Crippen MR) is 123 cm³/mol. The molecule has 0 saturated carbocycles. The van der Waals surface area contributed by atoms with E-state index in [9.17, 15) is 9.59 Å². The highest BCUT2D eigenvalue weighted by Crippen LogP contribution is 2.25. The summed E-state index contributed by atoms with van der Waals surface area (Å²) in [5.74, 6) is 0.335. The standard InChI is InChI=1S/C24H23BrN2O4/c1-30-15-5-14-26-24(29)21(27-23(28)18-6-3-2-4-7-18)16-20-12-13-22(31-20)17-8-10-19(25)11-9-17/h2-4,6-13,16H,5,14-15H2,1H3,(H,26,29)(H,27,28)/b21-16+. The summed E-state index contributed by atoms with van der Waals surface area (Å²) in [4.78, 5) is 25.3. The second-order valence-corrected chi connectivity index (χ2v) is 7.60. The highest BCUT2D eigenvalue weighted by molar-refractivity contribution is 9.10. The van der Waals surface area contributed by atoms with Crippen LogP contribution in [0.4, 0.5) is 0 Å². The SMILES string of the molecule is COCCCNC(=O)/C(=C\c1ccc(-c2ccc(Br)cc2)o1)NC(=O)c1ccccc1. The molecule has 2 aromatic carbocycles. The number of carbonyl (C=O) groups excluding carboxylic acids is 2. The largest absolute Gasteiger partial charge is 0.457 e. The van der Waals surface area contributed by atoms with Gasteiger partial charge in [0, 0.05) is 41.9 Å². The quantitative estimate of drug-likeness (QED) is 0.344. The molecule has 0 aliphatic rings. The van der Waals surface area contributed by atoms with Crippen LogP contribution < -0.4 is 10.6 Å². The average molecular weight is 483 g/mol. The molecule has 3 rings (SSSR count). The van der Waals surface area contributed by atoms with E-state index in [1.165, 1.54) is 6.08 Å². The Labute approximate surface area is 189 Å². The van der Waals surface area contributed by atoms with Crippen molar-refractivity contribution in [3.05, 3.63) is 88.2 Å². The van der Waals surface area contributed by atoms with Gasteiger partial charge < -0.3 is 19.8 Å². The molecule has 0 aliphatic carbocycles. The number of furan rings is 1. The molecular weight excluding hydrogens is 460 g/mol. The van der Waals surface area contributed by atoms with Crippen molar-refractivity contribution in [1.82, 2.24) is 10.6 Å². The van der Waals surface area contributed by atoms with E-state index in [1.807, 2.05) is 36.4 Å². The molecule has 31 heavy (non-hydrogen) atoms. The van der Waals surface area contributed by atoms with Crippen molar-refractivity contribution in [1.29, 1.82) is 0 Å². The number of rotatable bonds is 9. The Bertz CT molecular complexity index is 1040. The maximum absolute atomic E-state index is 12.7. The summed E-state index contributed by atoms with van der Waals surface area (Å²) in [5.41, 5.74) is 1.46. The van der Waals surface area contributed by atoms with Crippen LogP contribution in [0.5, 0.6) is 0 Å². The van der Waals surface area contributed by atoms with Crippen LogP contribution in [0.1, 0.15) is 22.5 Å². The van der Waals surface area contributed by atoms with E-state index in [-0.39, 0.29) is 11.6 Å². The monoisotopic (exact) mass is 482 g/mol. The molecule has 2 amide bonds. The molecule has 0 radical (unpaired) electrons. The molecule has 0 atom stereocenters. The van der Waals surface area contributed by atoms with Crippen LogP contribution in [-0.4, -0.2) is 32.1 Å². The van der Waals surface area contributed by atoms with Crippen LogP contribution in [-0.2, 0) is 9.53 Å². The molecule has 0 fully saturated rings. The van der Waals surface area contributed by atoms with Crippen LogP contribution in [0.15, 0.2) is 81.3 Å². The number of halogens is 1. The average Bonchev–Trinajstić information content (AvgIpc) is 3.25. The summed E-state index contributed by atoms with van der Waals surface area (Å²) < 4.78 is 11.8. The fourth-order valence-corrected chi connectivity index (χ4v) is 3.06. The Kier molecular flexibility index (Phi) is 8.20. The van der Waals surface area contributed by atoms with Gasteiger partial charge in [0.25, 0.3) is 11.8 Å². The summed E-state index contributed by atoms with van der Waals surface area (Å²) in [6.45, 7) is 0.956. The third-order valence-corrected chi connectivity index (χ3v) is 4.91. The summed E-state index contributed by atoms with van der Waals surface area (Å²) in [6, 6.07) is 20.0. The smallest absolute Gasteiger partial charge is 0.267 e. The van der Waals surface area contributed by atoms with Gasteiger partial charge in [-0.1, -0.05) is 46.3 Å². The van der Waals surface area contributed by atoms with Gasteiger partial charge in [0.15, 0.2) is 0 Å². The lowest BCUT2D eigenvalue weighted by atomic mass is 10.2. The Morgan fingerprint density at radius 3 is 2.48 bits per heavy atom. The molecule has 160 valence electrons. The van der Waals surface area contributed by atoms with Crippen molar-refractivity contribution in [2.45, 2.75) is 6.42 Å². The number of carbonyl (C=O) groups is 2. The van der Waals surface area contributed by atoms with Gasteiger partial charge in [0.1, 0.15) is 17.2 Å². The molecule has 0 unspecified atom stereocenters. The molecular formula is C24H23BrN2O4. The zero-order chi connectivity index (χ0) is 22.1. The Morgan fingerprint density at radius 2 is 1.77 bits per heavy atom. The molecule has 2 N–H and O–H groups in total. The van der Waals surface area contributed by atoms with Crippen LogP contribution in [0.2, 0.25) is 0 Å². The number of hydrogen-bond acceptors (Lipinski definition) is 4. The molecule has 0 spiro atoms. The van der Waals surface area contributed by atoms with Gasteiger partial charge in [-0.2, -0.15) is 0 Å². The lowest BCUT2D eigenvalue weighted by Gasteiger charge is -2.10. The summed E-state index contributed by atoms with van der Waals surface area (Å²) >= 11 is 3.41. The normalized spacial score (nSPS) is 11.2. The number of methoxy groups -OCH3 is 1. The molecule has 0 aliphatic heterocycles. The van der Waals surface area contributed by atoms with Gasteiger partial charge >= 0.3 is 0 Å². The Balaban J connectivity index is 1.81. The predicted octanol–water partition coefficient (Wildman–Crippen LogP) is 4.63. The zero-order valence-corrected chi connectivity index (χ0v) is 18.6. The molecule has 0 bridgehead atoms. The topological polar surface area (TPSA) is 80.6 Å². The van der Waals surface area contributed by atoms with Gasteiger partial charge in [0.2, 0.25) is 0 Å². The first-order valence-electron chi connectivity index (χ1n) is 9.78. The summed E-state index contributed by atoms with van der Waals surface area (Å²) in [5, 5.41) is 5.48. The maximum Gasteiger partial charge on any atom is 0.267 e. The van der Waals surface area contributed by atoms with Gasteiger partial charge in [-0.15, -0.1) is 0 Å². The van der Waals surface area contributed by atoms with Gasteiger partial charge in [0.05, 0.1) is 0 Å². The van der Waals surface area contributed by atoms with Crippen molar-refractivity contribution in [3.63, 3.8) is 0 Å². The van der Waals surface area contributed by atoms with Crippen molar-refractivity contribution in [2.24, 2.45) is 0 Å². The van der Waals surface area contributed by atoms with Crippen LogP contribution in [0, 0.1) is 0 Å². The fourth-order valence-electron chi connectivity index (χ4n) is 2.80. The van der Waals surface area contributed by atoms with E-state index in [1.54, 1.807) is 37.4 Å². The second-order valence-electron chi connectivity index (χ2n) is 6.69. The number of nitrogens with one attached hydrogen (secondary N) is 2. The maximum atomic E-state index is 12.7. The van der Waals surface area contributed by atoms with Gasteiger partial charge in [-0.3, -0.25) is 9.59 Å². The Hall–Kier alpha value is -3.16. The number of benzene rings is 2. The zero-order valence-electron chi connectivity index (χ0n) is 17.1. The number of hydrogen-bond donors (Lipinski definition) is 2. The third-order valence-electron chi connectivity index (χ3n) is 4.38. The molecule has 6 nitrogen and oxygen atoms in total. The minimum Gasteiger partial charge on any atom is -0.457 e. The van der Waals surface area contributed by atoms with Crippen LogP contribution in [0.3, 0.4) is 0 Å². The molecule has 7 heteroatoms. The van der Waals surface area contributed by atoms with E-state index in [0.717, 1.165) is 10.0 Å². The van der Waals surface area contributed by atoms with Gasteiger partial charge in [-0.05, 0) is 42.8 Å². The molecule has 1 heterocycles. The first kappa shape index (κ1) is 22.5. The van der Waals surface area contributed by atoms with Crippen molar-refractivity contribution >= 4 is 33.8 Å². The highest BCUT2D eigenvalue weighted by atomic mass is 79.9. The Morgan fingerprint density at radius 1 is 1.03 bits per heavy atom. The number of ether oxygens (including phenoxy) is 1. The van der Waals surface area contributed by atoms with Crippen molar-refractivity contribution in [2.75, 3.05) is 20.3 Å². The van der Waals surface area contributed by atoms with Crippen molar-refractivity contribution in [3.8, 4) is 11.3 Å². The summed E-state index contributed by atoms with van der Waals surface area (Å²) in [7, 11) is 1.60. The lowest BCUT2D eigenvalue weighted by molar-refractivity contribution is -0.117. The van der Waals surface area contributed by atoms with E-state index in [0.29, 0.717) is 36.7 Å². The second kappa shape index (κ2) is 11.3. The molecule has 1 aromatic heterocycles. The van der Waals surface area contributed by atoms with E-state index in [4.69, 9.17) is 9.15 Å². The molecule has 0 saturated heterocycles. The number of amides is 2. The lowest BCUT2D eigenvalue weighted by Crippen LogP contribution is -2.35. The van der Waals surface area contributed by atoms with Crippen LogP contribution in [0.25, 0.3) is 17.4 Å². The van der Waals surface area contributed by atoms with Crippen LogP contribution >= 0.6 is 15.9 Å². The summed E-state index contributed by atoms with van der Waals surface area (Å²) in [6.07, 6.45) is 2.19. The van der Waals surface area contributed by atoms with E-state index in [2.05, 4.69) is 26.6 Å².